The molecule has 5 heteroatoms. The van der Waals surface area contributed by atoms with E-state index in [9.17, 15) is 9.90 Å². The fourth-order valence-corrected chi connectivity index (χ4v) is 2.15. The smallest absolute Gasteiger partial charge is 0.317 e. The molecule has 128 valence electrons. The molecule has 1 atom stereocenters. The summed E-state index contributed by atoms with van der Waals surface area (Å²) in [5.74, 6) is 1.47. The highest BCUT2D eigenvalue weighted by atomic mass is 16.5. The van der Waals surface area contributed by atoms with Crippen LogP contribution in [0, 0.1) is 0 Å². The number of para-hydroxylation sites is 2. The molecule has 0 bridgehead atoms. The Morgan fingerprint density at radius 2 is 1.83 bits per heavy atom. The van der Waals surface area contributed by atoms with Crippen LogP contribution in [0.5, 0.6) is 11.5 Å². The van der Waals surface area contributed by atoms with Crippen molar-refractivity contribution in [2.75, 3.05) is 13.6 Å². The predicted molar refractivity (Wildman–Crippen MR) is 94.1 cm³/mol. The number of aliphatic hydroxyl groups is 1. The lowest BCUT2D eigenvalue weighted by molar-refractivity contribution is 0.163. The Balaban J connectivity index is 1.94. The second-order valence-electron chi connectivity index (χ2n) is 5.74. The van der Waals surface area contributed by atoms with Crippen molar-refractivity contribution in [2.45, 2.75) is 26.0 Å². The monoisotopic (exact) mass is 328 g/mol. The first kappa shape index (κ1) is 17.8. The molecule has 0 aliphatic rings. The highest BCUT2D eigenvalue weighted by Crippen LogP contribution is 2.24. The number of ether oxygens (including phenoxy) is 1. The number of hydrogen-bond acceptors (Lipinski definition) is 3. The Kier molecular flexibility index (Phi) is 6.63. The maximum atomic E-state index is 12.1. The summed E-state index contributed by atoms with van der Waals surface area (Å²) in [7, 11) is 1.71. The van der Waals surface area contributed by atoms with Crippen LogP contribution in [0.25, 0.3) is 0 Å². The third-order valence-electron chi connectivity index (χ3n) is 3.60. The van der Waals surface area contributed by atoms with Crippen molar-refractivity contribution in [2.24, 2.45) is 0 Å². The van der Waals surface area contributed by atoms with E-state index < -0.39 is 6.10 Å². The Hall–Kier alpha value is -2.53. The van der Waals surface area contributed by atoms with Gasteiger partial charge >= 0.3 is 6.03 Å². The van der Waals surface area contributed by atoms with E-state index in [-0.39, 0.29) is 6.03 Å². The van der Waals surface area contributed by atoms with Crippen molar-refractivity contribution in [3.05, 3.63) is 60.2 Å². The molecule has 0 saturated heterocycles. The summed E-state index contributed by atoms with van der Waals surface area (Å²) < 4.78 is 5.88. The van der Waals surface area contributed by atoms with E-state index in [1.54, 1.807) is 18.9 Å². The van der Waals surface area contributed by atoms with Crippen LogP contribution in [0.15, 0.2) is 54.6 Å². The van der Waals surface area contributed by atoms with Gasteiger partial charge < -0.3 is 20.1 Å². The van der Waals surface area contributed by atoms with Crippen LogP contribution in [-0.2, 0) is 6.54 Å². The zero-order valence-electron chi connectivity index (χ0n) is 14.1. The molecule has 5 nitrogen and oxygen atoms in total. The predicted octanol–water partition coefficient (Wildman–Crippen LogP) is 3.39. The van der Waals surface area contributed by atoms with Crippen LogP contribution in [0.3, 0.4) is 0 Å². The molecule has 24 heavy (non-hydrogen) atoms. The second-order valence-corrected chi connectivity index (χ2v) is 5.74. The maximum absolute atomic E-state index is 12.1. The maximum Gasteiger partial charge on any atom is 0.317 e. The topological polar surface area (TPSA) is 61.8 Å². The van der Waals surface area contributed by atoms with Crippen LogP contribution in [-0.4, -0.2) is 35.7 Å². The lowest BCUT2D eigenvalue weighted by Gasteiger charge is -2.19. The molecule has 2 amide bonds. The van der Waals surface area contributed by atoms with Crippen molar-refractivity contribution in [3.8, 4) is 11.5 Å². The van der Waals surface area contributed by atoms with Gasteiger partial charge in [-0.2, -0.15) is 0 Å². The standard InChI is InChI=1S/C19H24N2O3/c1-15(22)12-13-21(2)19(23)20-14-16-8-6-7-11-18(16)24-17-9-4-3-5-10-17/h3-11,15,22H,12-14H2,1-2H3,(H,20,23). The van der Waals surface area contributed by atoms with Gasteiger partial charge in [0.2, 0.25) is 0 Å². The fraction of sp³-hybridized carbons (Fsp3) is 0.316. The van der Waals surface area contributed by atoms with E-state index in [0.717, 1.165) is 17.1 Å². The number of benzene rings is 2. The molecule has 2 aromatic rings. The van der Waals surface area contributed by atoms with Crippen molar-refractivity contribution in [1.82, 2.24) is 10.2 Å². The van der Waals surface area contributed by atoms with Gasteiger partial charge in [0.15, 0.2) is 0 Å². The summed E-state index contributed by atoms with van der Waals surface area (Å²) in [6, 6.07) is 17.0. The molecule has 0 radical (unpaired) electrons. The zero-order valence-corrected chi connectivity index (χ0v) is 14.1. The minimum Gasteiger partial charge on any atom is -0.457 e. The Morgan fingerprint density at radius 3 is 2.54 bits per heavy atom. The molecule has 2 rings (SSSR count). The summed E-state index contributed by atoms with van der Waals surface area (Å²) in [5.41, 5.74) is 0.902. The number of hydrogen-bond donors (Lipinski definition) is 2. The minimum absolute atomic E-state index is 0.176. The lowest BCUT2D eigenvalue weighted by atomic mass is 10.2. The number of carbonyl (C=O) groups excluding carboxylic acids is 1. The van der Waals surface area contributed by atoms with Gasteiger partial charge in [0, 0.05) is 25.7 Å². The van der Waals surface area contributed by atoms with E-state index in [1.807, 2.05) is 54.6 Å². The molecule has 0 spiro atoms. The number of urea groups is 1. The van der Waals surface area contributed by atoms with Gasteiger partial charge in [-0.3, -0.25) is 0 Å². The molecule has 0 aromatic heterocycles. The number of nitrogens with one attached hydrogen (secondary N) is 1. The summed E-state index contributed by atoms with van der Waals surface area (Å²) in [6.07, 6.45) is 0.137. The highest BCUT2D eigenvalue weighted by molar-refractivity contribution is 5.73. The van der Waals surface area contributed by atoms with Crippen LogP contribution < -0.4 is 10.1 Å². The lowest BCUT2D eigenvalue weighted by Crippen LogP contribution is -2.38. The van der Waals surface area contributed by atoms with Gasteiger partial charge in [-0.1, -0.05) is 36.4 Å². The van der Waals surface area contributed by atoms with Crippen molar-refractivity contribution in [3.63, 3.8) is 0 Å². The largest absolute Gasteiger partial charge is 0.457 e. The quantitative estimate of drug-likeness (QED) is 0.819. The molecule has 0 aliphatic carbocycles. The van der Waals surface area contributed by atoms with Crippen molar-refractivity contribution >= 4 is 6.03 Å². The molecular weight excluding hydrogens is 304 g/mol. The van der Waals surface area contributed by atoms with E-state index in [4.69, 9.17) is 4.74 Å². The molecule has 2 aromatic carbocycles. The van der Waals surface area contributed by atoms with Crippen LogP contribution in [0.4, 0.5) is 4.79 Å². The van der Waals surface area contributed by atoms with Gasteiger partial charge in [-0.15, -0.1) is 0 Å². The number of aliphatic hydroxyl groups excluding tert-OH is 1. The molecule has 0 heterocycles. The van der Waals surface area contributed by atoms with Gasteiger partial charge in [-0.25, -0.2) is 4.79 Å². The van der Waals surface area contributed by atoms with E-state index in [0.29, 0.717) is 19.5 Å². The van der Waals surface area contributed by atoms with Crippen LogP contribution >= 0.6 is 0 Å². The molecule has 0 aliphatic heterocycles. The third kappa shape index (κ3) is 5.59. The van der Waals surface area contributed by atoms with Gasteiger partial charge in [0.1, 0.15) is 11.5 Å². The Morgan fingerprint density at radius 1 is 1.17 bits per heavy atom. The van der Waals surface area contributed by atoms with Crippen molar-refractivity contribution < 1.29 is 14.6 Å². The highest BCUT2D eigenvalue weighted by Gasteiger charge is 2.11. The van der Waals surface area contributed by atoms with Gasteiger partial charge in [0.05, 0.1) is 6.10 Å². The number of amides is 2. The first-order chi connectivity index (χ1) is 11.6. The van der Waals surface area contributed by atoms with E-state index in [2.05, 4.69) is 5.32 Å². The van der Waals surface area contributed by atoms with Crippen LogP contribution in [0.1, 0.15) is 18.9 Å². The first-order valence-corrected chi connectivity index (χ1v) is 8.04. The summed E-state index contributed by atoms with van der Waals surface area (Å²) in [4.78, 5) is 13.7. The molecule has 1 unspecified atom stereocenters. The summed E-state index contributed by atoms with van der Waals surface area (Å²) >= 11 is 0. The molecular formula is C19H24N2O3. The fourth-order valence-electron chi connectivity index (χ4n) is 2.15. The first-order valence-electron chi connectivity index (χ1n) is 8.04. The zero-order chi connectivity index (χ0) is 17.4. The van der Waals surface area contributed by atoms with Gasteiger partial charge in [-0.05, 0) is 31.5 Å². The third-order valence-corrected chi connectivity index (χ3v) is 3.60. The SMILES string of the molecule is CC(O)CCN(C)C(=O)NCc1ccccc1Oc1ccccc1. The summed E-state index contributed by atoms with van der Waals surface area (Å²) in [6.45, 7) is 2.59. The Labute approximate surface area is 142 Å². The normalized spacial score (nSPS) is 11.6. The number of nitrogens with zero attached hydrogens (tertiary/aromatic N) is 1. The number of carbonyl (C=O) groups is 1. The Bertz CT molecular complexity index is 644. The van der Waals surface area contributed by atoms with Gasteiger partial charge in [0.25, 0.3) is 0 Å². The molecule has 0 fully saturated rings. The molecule has 0 saturated carbocycles. The molecule has 2 N–H and O–H groups in total. The summed E-state index contributed by atoms with van der Waals surface area (Å²) in [5, 5.41) is 12.2. The number of rotatable bonds is 7. The second kappa shape index (κ2) is 8.93. The van der Waals surface area contributed by atoms with E-state index >= 15 is 0 Å². The average molecular weight is 328 g/mol. The van der Waals surface area contributed by atoms with Crippen LogP contribution in [0.2, 0.25) is 0 Å². The van der Waals surface area contributed by atoms with E-state index in [1.165, 1.54) is 0 Å². The minimum atomic E-state index is -0.416. The average Bonchev–Trinajstić information content (AvgIpc) is 2.59. The van der Waals surface area contributed by atoms with Crippen molar-refractivity contribution in [1.29, 1.82) is 0 Å².